The Morgan fingerprint density at radius 2 is 1.29 bits per heavy atom. The van der Waals surface area contributed by atoms with Crippen LogP contribution in [-0.2, 0) is 5.41 Å². The van der Waals surface area contributed by atoms with E-state index in [1.165, 1.54) is 44.0 Å². The van der Waals surface area contributed by atoms with E-state index in [1.807, 2.05) is 24.4 Å². The molecule has 0 amide bonds. The van der Waals surface area contributed by atoms with E-state index in [0.29, 0.717) is 0 Å². The summed E-state index contributed by atoms with van der Waals surface area (Å²) in [7, 11) is 0. The second-order valence-electron chi connectivity index (χ2n) is 13.2. The second-order valence-corrected chi connectivity index (χ2v) is 13.2. The zero-order chi connectivity index (χ0) is 32.0. The summed E-state index contributed by atoms with van der Waals surface area (Å²) in [5, 5.41) is 4.72. The topological polar surface area (TPSA) is 34.2 Å². The molecule has 0 atom stereocenters. The number of pyridine rings is 1. The van der Waals surface area contributed by atoms with Crippen molar-refractivity contribution in [2.45, 2.75) is 19.3 Å². The highest BCUT2D eigenvalue weighted by Crippen LogP contribution is 2.51. The number of fused-ring (bicyclic) bond motifs is 9. The Bertz CT molecular complexity index is 2640. The molecule has 48 heavy (non-hydrogen) atoms. The van der Waals surface area contributed by atoms with Crippen molar-refractivity contribution in [3.05, 3.63) is 163 Å². The third kappa shape index (κ3) is 3.74. The molecular weight excluding hydrogens is 587 g/mol. The van der Waals surface area contributed by atoms with E-state index in [4.69, 9.17) is 9.40 Å². The van der Waals surface area contributed by atoms with E-state index in [1.54, 1.807) is 0 Å². The van der Waals surface area contributed by atoms with Crippen molar-refractivity contribution < 1.29 is 4.42 Å². The second kappa shape index (κ2) is 9.93. The third-order valence-corrected chi connectivity index (χ3v) is 10.2. The van der Waals surface area contributed by atoms with Gasteiger partial charge in [-0.25, -0.2) is 0 Å². The Labute approximate surface area is 278 Å². The normalized spacial score (nSPS) is 13.4. The number of nitrogens with zero attached hydrogens (tertiary/aromatic N) is 3. The van der Waals surface area contributed by atoms with Crippen molar-refractivity contribution in [1.29, 1.82) is 0 Å². The van der Waals surface area contributed by atoms with E-state index in [0.717, 1.165) is 44.9 Å². The molecule has 228 valence electrons. The molecule has 4 nitrogen and oxygen atoms in total. The van der Waals surface area contributed by atoms with Gasteiger partial charge in [-0.15, -0.1) is 0 Å². The van der Waals surface area contributed by atoms with Crippen molar-refractivity contribution in [2.75, 3.05) is 4.90 Å². The lowest BCUT2D eigenvalue weighted by Gasteiger charge is -2.35. The van der Waals surface area contributed by atoms with Crippen LogP contribution in [0.25, 0.3) is 60.7 Å². The van der Waals surface area contributed by atoms with Crippen molar-refractivity contribution in [1.82, 2.24) is 9.55 Å². The van der Waals surface area contributed by atoms with Crippen LogP contribution in [0.4, 0.5) is 17.1 Å². The molecule has 1 aliphatic rings. The van der Waals surface area contributed by atoms with E-state index >= 15 is 0 Å². The van der Waals surface area contributed by atoms with Crippen molar-refractivity contribution in [3.63, 3.8) is 0 Å². The molecule has 0 unspecified atom stereocenters. The van der Waals surface area contributed by atoms with Gasteiger partial charge >= 0.3 is 0 Å². The van der Waals surface area contributed by atoms with Gasteiger partial charge in [-0.1, -0.05) is 98.8 Å². The quantitative estimate of drug-likeness (QED) is 0.197. The van der Waals surface area contributed by atoms with Gasteiger partial charge in [-0.05, 0) is 71.8 Å². The SMILES string of the molecule is CC1(C)c2ccc(-c3ccc(N(c4ccccc4)c4ccccc4)cn3)cc2-n2c3ccccc3c3c4oc5ccccc5c4cc1c32. The average Bonchev–Trinajstić information content (AvgIpc) is 3.68. The Kier molecular flexibility index (Phi) is 5.59. The maximum Gasteiger partial charge on any atom is 0.145 e. The minimum Gasteiger partial charge on any atom is -0.455 e. The van der Waals surface area contributed by atoms with E-state index < -0.39 is 0 Å². The first-order valence-corrected chi connectivity index (χ1v) is 16.5. The molecule has 0 radical (unpaired) electrons. The molecule has 0 N–H and O–H groups in total. The summed E-state index contributed by atoms with van der Waals surface area (Å²) in [4.78, 5) is 7.29. The fraction of sp³-hybridized carbons (Fsp3) is 0.0682. The minimum absolute atomic E-state index is 0.230. The van der Waals surface area contributed by atoms with E-state index in [9.17, 15) is 0 Å². The van der Waals surface area contributed by atoms with Gasteiger partial charge in [-0.3, -0.25) is 4.98 Å². The summed E-state index contributed by atoms with van der Waals surface area (Å²) in [6.45, 7) is 4.70. The summed E-state index contributed by atoms with van der Waals surface area (Å²) in [6.07, 6.45) is 1.98. The Morgan fingerprint density at radius 1 is 0.604 bits per heavy atom. The van der Waals surface area contributed by atoms with Crippen LogP contribution in [0.15, 0.2) is 156 Å². The lowest BCUT2D eigenvalue weighted by atomic mass is 9.74. The van der Waals surface area contributed by atoms with E-state index in [2.05, 4.69) is 151 Å². The van der Waals surface area contributed by atoms with Gasteiger partial charge in [0.05, 0.1) is 39.7 Å². The molecule has 6 aromatic carbocycles. The van der Waals surface area contributed by atoms with Crippen LogP contribution in [-0.4, -0.2) is 9.55 Å². The molecule has 9 aromatic rings. The largest absolute Gasteiger partial charge is 0.455 e. The summed E-state index contributed by atoms with van der Waals surface area (Å²) in [6, 6.07) is 51.6. The fourth-order valence-electron chi connectivity index (χ4n) is 7.90. The number of anilines is 3. The molecule has 4 heterocycles. The van der Waals surface area contributed by atoms with Gasteiger partial charge in [0.2, 0.25) is 0 Å². The van der Waals surface area contributed by atoms with Gasteiger partial charge < -0.3 is 13.9 Å². The van der Waals surface area contributed by atoms with Gasteiger partial charge in [0.15, 0.2) is 0 Å². The monoisotopic (exact) mass is 617 g/mol. The number of aromatic nitrogens is 2. The number of furan rings is 1. The van der Waals surface area contributed by atoms with Crippen LogP contribution < -0.4 is 4.90 Å². The lowest BCUT2D eigenvalue weighted by Crippen LogP contribution is -2.26. The highest BCUT2D eigenvalue weighted by Gasteiger charge is 2.37. The van der Waals surface area contributed by atoms with Gasteiger partial charge in [0.1, 0.15) is 11.2 Å². The van der Waals surface area contributed by atoms with Crippen LogP contribution in [0, 0.1) is 0 Å². The Balaban J connectivity index is 1.17. The molecule has 1 aliphatic heterocycles. The number of para-hydroxylation sites is 4. The first-order chi connectivity index (χ1) is 23.6. The van der Waals surface area contributed by atoms with Crippen LogP contribution in [0.5, 0.6) is 0 Å². The third-order valence-electron chi connectivity index (χ3n) is 10.2. The van der Waals surface area contributed by atoms with Crippen LogP contribution in [0.2, 0.25) is 0 Å². The molecular formula is C44H31N3O. The minimum atomic E-state index is -0.230. The molecule has 0 saturated heterocycles. The van der Waals surface area contributed by atoms with Crippen molar-refractivity contribution in [3.8, 4) is 16.9 Å². The highest BCUT2D eigenvalue weighted by atomic mass is 16.3. The summed E-state index contributed by atoms with van der Waals surface area (Å²) in [5.41, 5.74) is 13.1. The molecule has 0 aliphatic carbocycles. The number of rotatable bonds is 4. The number of hydrogen-bond acceptors (Lipinski definition) is 3. The Morgan fingerprint density at radius 3 is 2.02 bits per heavy atom. The van der Waals surface area contributed by atoms with Crippen molar-refractivity contribution >= 4 is 60.8 Å². The molecule has 10 rings (SSSR count). The average molecular weight is 618 g/mol. The number of hydrogen-bond donors (Lipinski definition) is 0. The van der Waals surface area contributed by atoms with Gasteiger partial charge in [0, 0.05) is 38.5 Å². The maximum atomic E-state index is 6.63. The molecule has 0 spiro atoms. The lowest BCUT2D eigenvalue weighted by molar-refractivity contribution is 0.630. The maximum absolute atomic E-state index is 6.63. The van der Waals surface area contributed by atoms with Gasteiger partial charge in [0.25, 0.3) is 0 Å². The van der Waals surface area contributed by atoms with Gasteiger partial charge in [-0.2, -0.15) is 0 Å². The number of benzene rings is 6. The molecule has 0 saturated carbocycles. The predicted molar refractivity (Wildman–Crippen MR) is 198 cm³/mol. The van der Waals surface area contributed by atoms with E-state index in [-0.39, 0.29) is 5.41 Å². The predicted octanol–water partition coefficient (Wildman–Crippen LogP) is 11.9. The zero-order valence-corrected chi connectivity index (χ0v) is 26.7. The summed E-state index contributed by atoms with van der Waals surface area (Å²) < 4.78 is 9.08. The van der Waals surface area contributed by atoms with Crippen LogP contribution in [0.3, 0.4) is 0 Å². The zero-order valence-electron chi connectivity index (χ0n) is 26.7. The summed E-state index contributed by atoms with van der Waals surface area (Å²) >= 11 is 0. The molecule has 0 bridgehead atoms. The molecule has 0 fully saturated rings. The highest BCUT2D eigenvalue weighted by molar-refractivity contribution is 6.25. The van der Waals surface area contributed by atoms with Crippen molar-refractivity contribution in [2.24, 2.45) is 0 Å². The Hall–Kier alpha value is -6.13. The fourth-order valence-corrected chi connectivity index (χ4v) is 7.90. The summed E-state index contributed by atoms with van der Waals surface area (Å²) in [5.74, 6) is 0. The van der Waals surface area contributed by atoms with Crippen LogP contribution >= 0.6 is 0 Å². The molecule has 3 aromatic heterocycles. The first-order valence-electron chi connectivity index (χ1n) is 16.5. The molecule has 4 heteroatoms. The smallest absolute Gasteiger partial charge is 0.145 e. The standard InChI is InChI=1S/C44H31N3O/c1-44(2)35-23-21-28(37-24-22-31(27-45-37)46(29-13-5-3-6-14-29)30-15-7-4-8-16-30)25-39(35)47-38-19-11-9-18-33(38)41-42(47)36(44)26-34-32-17-10-12-20-40(32)48-43(34)41/h3-27H,1-2H3. The first kappa shape index (κ1) is 27.0. The van der Waals surface area contributed by atoms with Crippen LogP contribution in [0.1, 0.15) is 25.0 Å².